The van der Waals surface area contributed by atoms with Crippen molar-refractivity contribution in [2.45, 2.75) is 82.3 Å². The van der Waals surface area contributed by atoms with Crippen molar-refractivity contribution in [3.63, 3.8) is 0 Å². The van der Waals surface area contributed by atoms with Crippen molar-refractivity contribution in [2.75, 3.05) is 13.2 Å². The molecule has 1 saturated heterocycles. The number of hydrogen-bond donors (Lipinski definition) is 1. The van der Waals surface area contributed by atoms with E-state index in [1.54, 1.807) is 0 Å². The molecule has 3 aliphatic rings. The Balaban J connectivity index is 1.77. The van der Waals surface area contributed by atoms with Crippen LogP contribution in [-0.2, 0) is 9.47 Å². The van der Waals surface area contributed by atoms with Crippen LogP contribution in [0.1, 0.15) is 46.0 Å². The molecular formula is C21H33BrO3Si. The SMILES string of the molecule is CCC1(CO[C@@]23CC(C)=C[C@@]([C@H](O)CC#C[Si](C)(C)C)(CO2)[C@@H]3Br)CC1. The lowest BCUT2D eigenvalue weighted by atomic mass is 9.72. The summed E-state index contributed by atoms with van der Waals surface area (Å²) >= 11 is 3.87. The standard InChI is InChI=1S/C21H33BrO3Si/c1-6-19(9-10-19)14-24-21-13-16(2)12-20(15-25-21,18(21)22)17(23)8-7-11-26(3,4)5/h12,17-18,23H,6,8-10,13-15H2,1-5H3/t17-,18+,20+,21+/m1/s1. The van der Waals surface area contributed by atoms with Gasteiger partial charge in [-0.3, -0.25) is 0 Å². The van der Waals surface area contributed by atoms with Gasteiger partial charge in [-0.15, -0.1) is 11.5 Å². The monoisotopic (exact) mass is 440 g/mol. The highest BCUT2D eigenvalue weighted by Crippen LogP contribution is 2.57. The van der Waals surface area contributed by atoms with E-state index in [1.165, 1.54) is 18.4 Å². The molecule has 0 amide bonds. The Morgan fingerprint density at radius 2 is 2.12 bits per heavy atom. The molecule has 0 aromatic carbocycles. The Bertz CT molecular complexity index is 640. The summed E-state index contributed by atoms with van der Waals surface area (Å²) in [4.78, 5) is -0.0532. The van der Waals surface area contributed by atoms with E-state index in [-0.39, 0.29) is 4.83 Å². The van der Waals surface area contributed by atoms with E-state index in [9.17, 15) is 5.11 Å². The summed E-state index contributed by atoms with van der Waals surface area (Å²) in [6, 6.07) is 0. The molecule has 3 rings (SSSR count). The van der Waals surface area contributed by atoms with Crippen molar-refractivity contribution >= 4 is 24.0 Å². The molecule has 146 valence electrons. The lowest BCUT2D eigenvalue weighted by Crippen LogP contribution is -2.51. The quantitative estimate of drug-likeness (QED) is 0.282. The Hall–Kier alpha value is -0.123. The summed E-state index contributed by atoms with van der Waals surface area (Å²) in [6.45, 7) is 12.3. The molecule has 2 aliphatic carbocycles. The maximum atomic E-state index is 11.0. The summed E-state index contributed by atoms with van der Waals surface area (Å²) in [6.07, 6.45) is 6.55. The minimum Gasteiger partial charge on any atom is -0.391 e. The van der Waals surface area contributed by atoms with Crippen molar-refractivity contribution < 1.29 is 14.6 Å². The van der Waals surface area contributed by atoms with E-state index in [2.05, 4.69) is 67.0 Å². The average molecular weight is 441 g/mol. The van der Waals surface area contributed by atoms with Gasteiger partial charge in [0.15, 0.2) is 5.79 Å². The van der Waals surface area contributed by atoms with Crippen molar-refractivity contribution in [3.8, 4) is 11.5 Å². The average Bonchev–Trinajstić information content (AvgIpc) is 3.31. The van der Waals surface area contributed by atoms with Crippen LogP contribution in [0.5, 0.6) is 0 Å². The van der Waals surface area contributed by atoms with Crippen LogP contribution < -0.4 is 0 Å². The number of ether oxygens (including phenoxy) is 2. The van der Waals surface area contributed by atoms with E-state index in [0.717, 1.165) is 19.4 Å². The molecule has 1 heterocycles. The first-order chi connectivity index (χ1) is 12.1. The normalized spacial score (nSPS) is 36.1. The molecule has 26 heavy (non-hydrogen) atoms. The summed E-state index contributed by atoms with van der Waals surface area (Å²) in [7, 11) is -1.43. The molecule has 0 radical (unpaired) electrons. The zero-order valence-electron chi connectivity index (χ0n) is 16.8. The summed E-state index contributed by atoms with van der Waals surface area (Å²) in [5.74, 6) is 2.58. The Morgan fingerprint density at radius 1 is 1.42 bits per heavy atom. The lowest BCUT2D eigenvalue weighted by molar-refractivity contribution is -0.213. The minimum absolute atomic E-state index is 0.0532. The predicted octanol–water partition coefficient (Wildman–Crippen LogP) is 4.65. The molecule has 2 bridgehead atoms. The molecule has 0 spiro atoms. The summed E-state index contributed by atoms with van der Waals surface area (Å²) in [5, 5.41) is 11.0. The number of halogens is 1. The van der Waals surface area contributed by atoms with Crippen LogP contribution in [0.15, 0.2) is 11.6 Å². The molecule has 5 heteroatoms. The van der Waals surface area contributed by atoms with Gasteiger partial charge in [0.05, 0.1) is 29.6 Å². The Kier molecular flexibility index (Phi) is 5.58. The number of fused-ring (bicyclic) bond motifs is 2. The zero-order valence-corrected chi connectivity index (χ0v) is 19.4. The van der Waals surface area contributed by atoms with Gasteiger partial charge in [-0.1, -0.05) is 54.1 Å². The first kappa shape index (κ1) is 20.6. The maximum absolute atomic E-state index is 11.0. The Labute approximate surface area is 168 Å². The third-order valence-corrected chi connectivity index (χ3v) is 8.65. The zero-order chi connectivity index (χ0) is 19.2. The van der Waals surface area contributed by atoms with Crippen molar-refractivity contribution in [1.29, 1.82) is 0 Å². The van der Waals surface area contributed by atoms with E-state index < -0.39 is 25.4 Å². The van der Waals surface area contributed by atoms with Crippen LogP contribution >= 0.6 is 15.9 Å². The van der Waals surface area contributed by atoms with Crippen LogP contribution in [0.3, 0.4) is 0 Å². The van der Waals surface area contributed by atoms with Gasteiger partial charge in [0.2, 0.25) is 0 Å². The van der Waals surface area contributed by atoms with Crippen molar-refractivity contribution in [1.82, 2.24) is 0 Å². The highest BCUT2D eigenvalue weighted by Gasteiger charge is 2.63. The van der Waals surface area contributed by atoms with Gasteiger partial charge >= 0.3 is 0 Å². The fourth-order valence-corrected chi connectivity index (χ4v) is 5.77. The van der Waals surface area contributed by atoms with Gasteiger partial charge in [-0.05, 0) is 31.6 Å². The topological polar surface area (TPSA) is 38.7 Å². The van der Waals surface area contributed by atoms with Crippen molar-refractivity contribution in [3.05, 3.63) is 11.6 Å². The van der Waals surface area contributed by atoms with Crippen LogP contribution in [-0.4, -0.2) is 43.1 Å². The van der Waals surface area contributed by atoms with Gasteiger partial charge in [-0.25, -0.2) is 0 Å². The maximum Gasteiger partial charge on any atom is 0.185 e. The number of alkyl halides is 1. The number of aliphatic hydroxyl groups excluding tert-OH is 1. The molecule has 0 unspecified atom stereocenters. The van der Waals surface area contributed by atoms with Crippen LogP contribution in [0.25, 0.3) is 0 Å². The summed E-state index contributed by atoms with van der Waals surface area (Å²) < 4.78 is 12.7. The second-order valence-electron chi connectivity index (χ2n) is 9.66. The largest absolute Gasteiger partial charge is 0.391 e. The third-order valence-electron chi connectivity index (χ3n) is 6.17. The molecule has 1 saturated carbocycles. The molecule has 1 aliphatic heterocycles. The minimum atomic E-state index is -1.43. The van der Waals surface area contributed by atoms with Crippen LogP contribution in [0, 0.1) is 22.3 Å². The lowest BCUT2D eigenvalue weighted by Gasteiger charge is -2.42. The van der Waals surface area contributed by atoms with Crippen LogP contribution in [0.2, 0.25) is 19.6 Å². The van der Waals surface area contributed by atoms with E-state index >= 15 is 0 Å². The fraction of sp³-hybridized carbons (Fsp3) is 0.810. The molecule has 0 aromatic rings. The fourth-order valence-electron chi connectivity index (χ4n) is 4.14. The smallest absolute Gasteiger partial charge is 0.185 e. The molecule has 2 fully saturated rings. The predicted molar refractivity (Wildman–Crippen MR) is 112 cm³/mol. The van der Waals surface area contributed by atoms with Crippen molar-refractivity contribution in [2.24, 2.45) is 10.8 Å². The summed E-state index contributed by atoms with van der Waals surface area (Å²) in [5.41, 5.74) is 4.49. The number of hydrogen-bond acceptors (Lipinski definition) is 3. The van der Waals surface area contributed by atoms with Gasteiger partial charge in [0, 0.05) is 12.8 Å². The number of aliphatic hydroxyl groups is 1. The highest BCUT2D eigenvalue weighted by atomic mass is 79.9. The molecule has 0 aromatic heterocycles. The van der Waals surface area contributed by atoms with E-state index in [4.69, 9.17) is 9.47 Å². The van der Waals surface area contributed by atoms with Gasteiger partial charge < -0.3 is 14.6 Å². The second kappa shape index (κ2) is 7.04. The van der Waals surface area contributed by atoms with Gasteiger partial charge in [-0.2, -0.15) is 0 Å². The van der Waals surface area contributed by atoms with E-state index in [0.29, 0.717) is 18.4 Å². The van der Waals surface area contributed by atoms with Gasteiger partial charge in [0.25, 0.3) is 0 Å². The molecule has 4 atom stereocenters. The first-order valence-corrected chi connectivity index (χ1v) is 14.3. The van der Waals surface area contributed by atoms with Crippen LogP contribution in [0.4, 0.5) is 0 Å². The first-order valence-electron chi connectivity index (χ1n) is 9.85. The van der Waals surface area contributed by atoms with E-state index in [1.807, 2.05) is 0 Å². The van der Waals surface area contributed by atoms with Gasteiger partial charge in [0.1, 0.15) is 8.07 Å². The number of rotatable bonds is 6. The second-order valence-corrected chi connectivity index (χ2v) is 15.3. The molecule has 3 nitrogen and oxygen atoms in total. The Morgan fingerprint density at radius 3 is 2.69 bits per heavy atom. The molecule has 1 N–H and O–H groups in total. The molecular weight excluding hydrogens is 408 g/mol. The highest BCUT2D eigenvalue weighted by molar-refractivity contribution is 9.09. The third kappa shape index (κ3) is 3.86.